The van der Waals surface area contributed by atoms with E-state index in [-0.39, 0.29) is 0 Å². The Hall–Kier alpha value is -0.350. The zero-order valence-corrected chi connectivity index (χ0v) is 8.59. The molecule has 11 heavy (non-hydrogen) atoms. The molecule has 0 unspecified atom stereocenters. The molecule has 62 valence electrons. The van der Waals surface area contributed by atoms with Crippen LogP contribution in [0.1, 0.15) is 5.69 Å². The molecular weight excluding hydrogens is 206 g/mol. The Morgan fingerprint density at radius 3 is 2.64 bits per heavy atom. The normalized spacial score (nSPS) is 11.0. The molecule has 4 heteroatoms. The van der Waals surface area contributed by atoms with Crippen LogP contribution in [0.3, 0.4) is 0 Å². The summed E-state index contributed by atoms with van der Waals surface area (Å²) in [5.41, 5.74) is 1.09. The number of rotatable bonds is 2. The average molecular weight is 218 g/mol. The molecule has 0 saturated carbocycles. The second-order valence-electron chi connectivity index (χ2n) is 2.82. The number of halogens is 1. The van der Waals surface area contributed by atoms with E-state index in [0.29, 0.717) is 0 Å². The Kier molecular flexibility index (Phi) is 2.67. The Morgan fingerprint density at radius 2 is 2.27 bits per heavy atom. The van der Waals surface area contributed by atoms with E-state index >= 15 is 0 Å². The summed E-state index contributed by atoms with van der Waals surface area (Å²) in [5.74, 6) is 0. The van der Waals surface area contributed by atoms with Crippen molar-refractivity contribution in [1.82, 2.24) is 14.7 Å². The zero-order valence-electron chi connectivity index (χ0n) is 7.00. The van der Waals surface area contributed by atoms with Gasteiger partial charge in [-0.05, 0) is 36.1 Å². The van der Waals surface area contributed by atoms with Gasteiger partial charge in [0.1, 0.15) is 4.60 Å². The number of nitrogens with zero attached hydrogens (tertiary/aromatic N) is 3. The monoisotopic (exact) mass is 217 g/mol. The summed E-state index contributed by atoms with van der Waals surface area (Å²) in [7, 11) is 5.98. The topological polar surface area (TPSA) is 21.1 Å². The van der Waals surface area contributed by atoms with Crippen molar-refractivity contribution in [1.29, 1.82) is 0 Å². The third kappa shape index (κ3) is 2.31. The van der Waals surface area contributed by atoms with Crippen LogP contribution in [0.15, 0.2) is 10.7 Å². The Morgan fingerprint density at radius 1 is 1.64 bits per heavy atom. The molecule has 1 aromatic heterocycles. The van der Waals surface area contributed by atoms with Crippen LogP contribution in [0.25, 0.3) is 0 Å². The van der Waals surface area contributed by atoms with Gasteiger partial charge in [0.15, 0.2) is 0 Å². The molecule has 0 N–H and O–H groups in total. The van der Waals surface area contributed by atoms with Gasteiger partial charge < -0.3 is 4.90 Å². The maximum atomic E-state index is 4.28. The van der Waals surface area contributed by atoms with Crippen LogP contribution in [0, 0.1) is 0 Å². The second kappa shape index (κ2) is 3.36. The molecule has 3 nitrogen and oxygen atoms in total. The predicted octanol–water partition coefficient (Wildman–Crippen LogP) is 1.24. The maximum absolute atomic E-state index is 4.28. The molecule has 1 heterocycles. The van der Waals surface area contributed by atoms with Crippen LogP contribution in [0.5, 0.6) is 0 Å². The van der Waals surface area contributed by atoms with Crippen molar-refractivity contribution in [2.24, 2.45) is 7.05 Å². The minimum absolute atomic E-state index is 0.888. The summed E-state index contributed by atoms with van der Waals surface area (Å²) in [6, 6.07) is 2.03. The highest BCUT2D eigenvalue weighted by Gasteiger charge is 2.01. The minimum Gasteiger partial charge on any atom is -0.304 e. The molecule has 1 rings (SSSR count). The van der Waals surface area contributed by atoms with Gasteiger partial charge in [0, 0.05) is 13.6 Å². The largest absolute Gasteiger partial charge is 0.304 e. The fourth-order valence-electron chi connectivity index (χ4n) is 0.901. The van der Waals surface area contributed by atoms with Crippen molar-refractivity contribution in [2.75, 3.05) is 14.1 Å². The third-order valence-electron chi connectivity index (χ3n) is 1.35. The van der Waals surface area contributed by atoms with E-state index in [0.717, 1.165) is 16.8 Å². The maximum Gasteiger partial charge on any atom is 0.104 e. The van der Waals surface area contributed by atoms with Crippen molar-refractivity contribution in [3.8, 4) is 0 Å². The first-order valence-electron chi connectivity index (χ1n) is 3.42. The first-order chi connectivity index (χ1) is 5.09. The quantitative estimate of drug-likeness (QED) is 0.744. The highest BCUT2D eigenvalue weighted by Crippen LogP contribution is 2.10. The minimum atomic E-state index is 0.888. The van der Waals surface area contributed by atoms with Crippen LogP contribution in [-0.4, -0.2) is 28.8 Å². The fraction of sp³-hybridized carbons (Fsp3) is 0.571. The van der Waals surface area contributed by atoms with Gasteiger partial charge in [-0.3, -0.25) is 4.68 Å². The predicted molar refractivity (Wildman–Crippen MR) is 48.3 cm³/mol. The average Bonchev–Trinajstić information content (AvgIpc) is 2.10. The molecule has 0 saturated heterocycles. The standard InChI is InChI=1S/C7H12BrN3/c1-10(2)5-6-4-7(8)11(3)9-6/h4H,5H2,1-3H3. The van der Waals surface area contributed by atoms with Crippen molar-refractivity contribution >= 4 is 15.9 Å². The lowest BCUT2D eigenvalue weighted by Gasteiger charge is -2.04. The lowest BCUT2D eigenvalue weighted by Crippen LogP contribution is -2.11. The van der Waals surface area contributed by atoms with Gasteiger partial charge in [0.2, 0.25) is 0 Å². The van der Waals surface area contributed by atoms with Gasteiger partial charge in [0.25, 0.3) is 0 Å². The Bertz CT molecular complexity index is 222. The van der Waals surface area contributed by atoms with Crippen LogP contribution < -0.4 is 0 Å². The highest BCUT2D eigenvalue weighted by molar-refractivity contribution is 9.10. The molecule has 0 bridgehead atoms. The zero-order chi connectivity index (χ0) is 8.43. The van der Waals surface area contributed by atoms with E-state index in [1.165, 1.54) is 0 Å². The van der Waals surface area contributed by atoms with Crippen molar-refractivity contribution in [3.63, 3.8) is 0 Å². The molecule has 0 fully saturated rings. The van der Waals surface area contributed by atoms with Crippen LogP contribution in [-0.2, 0) is 13.6 Å². The SMILES string of the molecule is CN(C)Cc1cc(Br)n(C)n1. The molecule has 0 amide bonds. The molecule has 0 radical (unpaired) electrons. The van der Waals surface area contributed by atoms with Gasteiger partial charge >= 0.3 is 0 Å². The molecule has 0 aromatic carbocycles. The molecule has 0 aliphatic carbocycles. The van der Waals surface area contributed by atoms with Crippen LogP contribution >= 0.6 is 15.9 Å². The summed E-state index contributed by atoms with van der Waals surface area (Å²) in [6.45, 7) is 0.888. The van der Waals surface area contributed by atoms with Crippen molar-refractivity contribution < 1.29 is 0 Å². The summed E-state index contributed by atoms with van der Waals surface area (Å²) in [5, 5.41) is 4.28. The van der Waals surface area contributed by atoms with E-state index in [4.69, 9.17) is 0 Å². The molecule has 0 aliphatic rings. The number of hydrogen-bond acceptors (Lipinski definition) is 2. The lowest BCUT2D eigenvalue weighted by atomic mass is 10.4. The molecule has 0 spiro atoms. The molecule has 0 aliphatic heterocycles. The van der Waals surface area contributed by atoms with Gasteiger partial charge in [-0.25, -0.2) is 0 Å². The molecular formula is C7H12BrN3. The van der Waals surface area contributed by atoms with Gasteiger partial charge in [-0.15, -0.1) is 0 Å². The third-order valence-corrected chi connectivity index (χ3v) is 2.09. The van der Waals surface area contributed by atoms with E-state index in [2.05, 4.69) is 25.9 Å². The summed E-state index contributed by atoms with van der Waals surface area (Å²) >= 11 is 3.39. The molecule has 1 aromatic rings. The summed E-state index contributed by atoms with van der Waals surface area (Å²) < 4.78 is 2.84. The second-order valence-corrected chi connectivity index (χ2v) is 3.63. The number of aromatic nitrogens is 2. The number of hydrogen-bond donors (Lipinski definition) is 0. The van der Waals surface area contributed by atoms with Crippen molar-refractivity contribution in [2.45, 2.75) is 6.54 Å². The van der Waals surface area contributed by atoms with Gasteiger partial charge in [-0.1, -0.05) is 0 Å². The van der Waals surface area contributed by atoms with E-state index < -0.39 is 0 Å². The Balaban J connectivity index is 2.73. The van der Waals surface area contributed by atoms with E-state index in [1.54, 1.807) is 0 Å². The van der Waals surface area contributed by atoms with E-state index in [1.807, 2.05) is 31.9 Å². The first-order valence-corrected chi connectivity index (χ1v) is 4.22. The van der Waals surface area contributed by atoms with Crippen molar-refractivity contribution in [3.05, 3.63) is 16.4 Å². The van der Waals surface area contributed by atoms with Gasteiger partial charge in [0.05, 0.1) is 5.69 Å². The fourth-order valence-corrected chi connectivity index (χ4v) is 1.25. The number of aryl methyl sites for hydroxylation is 1. The summed E-state index contributed by atoms with van der Waals surface area (Å²) in [6.07, 6.45) is 0. The van der Waals surface area contributed by atoms with Crippen LogP contribution in [0.4, 0.5) is 0 Å². The molecule has 0 atom stereocenters. The van der Waals surface area contributed by atoms with Crippen LogP contribution in [0.2, 0.25) is 0 Å². The van der Waals surface area contributed by atoms with Gasteiger partial charge in [-0.2, -0.15) is 5.10 Å². The summed E-state index contributed by atoms with van der Waals surface area (Å²) in [4.78, 5) is 2.09. The Labute approximate surface area is 75.1 Å². The first kappa shape index (κ1) is 8.74. The smallest absolute Gasteiger partial charge is 0.104 e. The van der Waals surface area contributed by atoms with E-state index in [9.17, 15) is 0 Å². The lowest BCUT2D eigenvalue weighted by molar-refractivity contribution is 0.394. The highest BCUT2D eigenvalue weighted by atomic mass is 79.9.